The van der Waals surface area contributed by atoms with E-state index in [4.69, 9.17) is 5.73 Å². The van der Waals surface area contributed by atoms with Gasteiger partial charge in [-0.05, 0) is 45.6 Å². The molecule has 1 aliphatic heterocycles. The van der Waals surface area contributed by atoms with Gasteiger partial charge in [0.05, 0.1) is 6.04 Å². The highest BCUT2D eigenvalue weighted by Crippen LogP contribution is 2.25. The van der Waals surface area contributed by atoms with Crippen LogP contribution in [0.15, 0.2) is 0 Å². The molecule has 0 aromatic carbocycles. The van der Waals surface area contributed by atoms with Crippen molar-refractivity contribution >= 4 is 11.8 Å². The maximum Gasteiger partial charge on any atom is 0.239 e. The lowest BCUT2D eigenvalue weighted by Crippen LogP contribution is -2.50. The van der Waals surface area contributed by atoms with E-state index >= 15 is 0 Å². The van der Waals surface area contributed by atoms with Gasteiger partial charge < -0.3 is 10.6 Å². The van der Waals surface area contributed by atoms with Crippen LogP contribution < -0.4 is 5.73 Å². The van der Waals surface area contributed by atoms with Crippen LogP contribution in [0.3, 0.4) is 0 Å². The number of hydrogen-bond acceptors (Lipinski definition) is 3. The van der Waals surface area contributed by atoms with Crippen molar-refractivity contribution in [1.29, 1.82) is 0 Å². The smallest absolute Gasteiger partial charge is 0.239 e. The number of amides is 2. The summed E-state index contributed by atoms with van der Waals surface area (Å²) in [6.45, 7) is 4.35. The van der Waals surface area contributed by atoms with Gasteiger partial charge in [-0.2, -0.15) is 0 Å². The molecule has 1 unspecified atom stereocenters. The minimum absolute atomic E-state index is 0.0562. The first-order valence-electron chi connectivity index (χ1n) is 8.77. The van der Waals surface area contributed by atoms with E-state index in [-0.39, 0.29) is 23.8 Å². The monoisotopic (exact) mass is 309 g/mol. The third-order valence-corrected chi connectivity index (χ3v) is 5.50. The Morgan fingerprint density at radius 3 is 2.27 bits per heavy atom. The van der Waals surface area contributed by atoms with E-state index in [1.54, 1.807) is 0 Å². The third-order valence-electron chi connectivity index (χ3n) is 5.50. The summed E-state index contributed by atoms with van der Waals surface area (Å²) in [4.78, 5) is 27.9. The van der Waals surface area contributed by atoms with Crippen LogP contribution in [0.1, 0.15) is 51.9 Å². The molecule has 0 aromatic rings. The normalized spacial score (nSPS) is 22.8. The second kappa shape index (κ2) is 7.95. The average Bonchev–Trinajstić information content (AvgIpc) is 2.54. The second-order valence-electron chi connectivity index (χ2n) is 7.12. The molecule has 0 radical (unpaired) electrons. The van der Waals surface area contributed by atoms with E-state index in [2.05, 4.69) is 11.9 Å². The minimum Gasteiger partial charge on any atom is -0.369 e. The summed E-state index contributed by atoms with van der Waals surface area (Å²) >= 11 is 0. The van der Waals surface area contributed by atoms with Gasteiger partial charge >= 0.3 is 0 Å². The molecule has 1 saturated carbocycles. The van der Waals surface area contributed by atoms with Crippen LogP contribution in [-0.4, -0.2) is 54.3 Å². The molecule has 5 nitrogen and oxygen atoms in total. The molecule has 0 aromatic heterocycles. The van der Waals surface area contributed by atoms with Gasteiger partial charge in [0.15, 0.2) is 0 Å². The Labute approximate surface area is 134 Å². The summed E-state index contributed by atoms with van der Waals surface area (Å²) in [5.74, 6) is 0.657. The zero-order chi connectivity index (χ0) is 16.1. The van der Waals surface area contributed by atoms with Gasteiger partial charge in [-0.1, -0.05) is 19.3 Å². The fraction of sp³-hybridized carbons (Fsp3) is 0.882. The molecule has 1 heterocycles. The Balaban J connectivity index is 1.79. The Hall–Kier alpha value is -1.10. The summed E-state index contributed by atoms with van der Waals surface area (Å²) < 4.78 is 0. The molecule has 1 saturated heterocycles. The summed E-state index contributed by atoms with van der Waals surface area (Å²) in [7, 11) is 2.06. The molecule has 2 rings (SSSR count). The molecule has 2 aliphatic rings. The molecular weight excluding hydrogens is 278 g/mol. The van der Waals surface area contributed by atoms with Crippen LogP contribution in [0.2, 0.25) is 0 Å². The number of nitrogens with two attached hydrogens (primary N) is 1. The Morgan fingerprint density at radius 2 is 1.73 bits per heavy atom. The Kier molecular flexibility index (Phi) is 6.24. The lowest BCUT2D eigenvalue weighted by atomic mass is 9.88. The van der Waals surface area contributed by atoms with Crippen molar-refractivity contribution in [3.05, 3.63) is 0 Å². The van der Waals surface area contributed by atoms with Crippen molar-refractivity contribution < 1.29 is 9.59 Å². The van der Waals surface area contributed by atoms with Crippen molar-refractivity contribution in [3.8, 4) is 0 Å². The lowest BCUT2D eigenvalue weighted by molar-refractivity contribution is -0.139. The number of piperidine rings is 1. The maximum absolute atomic E-state index is 12.6. The molecular formula is C17H31N3O2. The van der Waals surface area contributed by atoms with Crippen molar-refractivity contribution in [2.75, 3.05) is 26.7 Å². The average molecular weight is 309 g/mol. The topological polar surface area (TPSA) is 66.6 Å². The van der Waals surface area contributed by atoms with Gasteiger partial charge in [-0.3, -0.25) is 14.5 Å². The first-order valence-corrected chi connectivity index (χ1v) is 8.77. The number of likely N-dealkylation sites (N-methyl/N-ethyl adjacent to an activating group) is 1. The third kappa shape index (κ3) is 4.45. The van der Waals surface area contributed by atoms with E-state index < -0.39 is 0 Å². The quantitative estimate of drug-likeness (QED) is 0.839. The summed E-state index contributed by atoms with van der Waals surface area (Å²) in [5.41, 5.74) is 5.35. The zero-order valence-corrected chi connectivity index (χ0v) is 14.1. The highest BCUT2D eigenvalue weighted by atomic mass is 16.2. The number of carbonyl (C=O) groups excluding carboxylic acids is 2. The Bertz CT molecular complexity index is 385. The molecule has 5 heteroatoms. The van der Waals surface area contributed by atoms with Crippen molar-refractivity contribution in [2.45, 2.75) is 57.9 Å². The fourth-order valence-electron chi connectivity index (χ4n) is 3.77. The van der Waals surface area contributed by atoms with Crippen LogP contribution in [0.4, 0.5) is 0 Å². The number of hydrogen-bond donors (Lipinski definition) is 1. The Morgan fingerprint density at radius 1 is 1.14 bits per heavy atom. The SMILES string of the molecule is CC(C(=O)N1CCC(C(N)=O)CC1)N(C)CC1CCCCC1. The molecule has 2 amide bonds. The summed E-state index contributed by atoms with van der Waals surface area (Å²) in [5, 5.41) is 0. The first-order chi connectivity index (χ1) is 10.5. The van der Waals surface area contributed by atoms with E-state index in [0.717, 1.165) is 12.5 Å². The predicted molar refractivity (Wildman–Crippen MR) is 87.2 cm³/mol. The van der Waals surface area contributed by atoms with Crippen LogP contribution in [0.5, 0.6) is 0 Å². The van der Waals surface area contributed by atoms with Crippen LogP contribution >= 0.6 is 0 Å². The second-order valence-corrected chi connectivity index (χ2v) is 7.12. The van der Waals surface area contributed by atoms with Crippen LogP contribution in [0.25, 0.3) is 0 Å². The number of rotatable bonds is 5. The predicted octanol–water partition coefficient (Wildman–Crippen LogP) is 1.61. The molecule has 0 spiro atoms. The van der Waals surface area contributed by atoms with Crippen LogP contribution in [0, 0.1) is 11.8 Å². The molecule has 22 heavy (non-hydrogen) atoms. The highest BCUT2D eigenvalue weighted by molar-refractivity contribution is 5.82. The summed E-state index contributed by atoms with van der Waals surface area (Å²) in [6.07, 6.45) is 8.05. The first kappa shape index (κ1) is 17.3. The van der Waals surface area contributed by atoms with E-state index in [9.17, 15) is 9.59 Å². The lowest BCUT2D eigenvalue weighted by Gasteiger charge is -2.36. The number of likely N-dealkylation sites (tertiary alicyclic amines) is 1. The highest BCUT2D eigenvalue weighted by Gasteiger charge is 2.30. The van der Waals surface area contributed by atoms with Gasteiger partial charge in [0.2, 0.25) is 11.8 Å². The van der Waals surface area contributed by atoms with Gasteiger partial charge in [0.1, 0.15) is 0 Å². The van der Waals surface area contributed by atoms with E-state index in [1.807, 2.05) is 11.8 Å². The molecule has 2 fully saturated rings. The molecule has 126 valence electrons. The van der Waals surface area contributed by atoms with Crippen LogP contribution in [-0.2, 0) is 9.59 Å². The van der Waals surface area contributed by atoms with Crippen molar-refractivity contribution in [3.63, 3.8) is 0 Å². The molecule has 1 atom stereocenters. The van der Waals surface area contributed by atoms with Gasteiger partial charge in [-0.25, -0.2) is 0 Å². The number of nitrogens with zero attached hydrogens (tertiary/aromatic N) is 2. The number of carbonyl (C=O) groups is 2. The largest absolute Gasteiger partial charge is 0.369 e. The van der Waals surface area contributed by atoms with Crippen molar-refractivity contribution in [2.24, 2.45) is 17.6 Å². The zero-order valence-electron chi connectivity index (χ0n) is 14.1. The van der Waals surface area contributed by atoms with Gasteiger partial charge in [-0.15, -0.1) is 0 Å². The summed E-state index contributed by atoms with van der Waals surface area (Å²) in [6, 6.07) is -0.0768. The standard InChI is InChI=1S/C17H31N3O2/c1-13(19(2)12-14-6-4-3-5-7-14)17(22)20-10-8-15(9-11-20)16(18)21/h13-15H,3-12H2,1-2H3,(H2,18,21). The molecule has 2 N–H and O–H groups in total. The fourth-order valence-corrected chi connectivity index (χ4v) is 3.77. The van der Waals surface area contributed by atoms with E-state index in [0.29, 0.717) is 25.9 Å². The van der Waals surface area contributed by atoms with Gasteiger partial charge in [0, 0.05) is 25.6 Å². The molecule has 0 bridgehead atoms. The molecule has 1 aliphatic carbocycles. The number of primary amides is 1. The van der Waals surface area contributed by atoms with Gasteiger partial charge in [0.25, 0.3) is 0 Å². The van der Waals surface area contributed by atoms with E-state index in [1.165, 1.54) is 32.1 Å². The van der Waals surface area contributed by atoms with Crippen molar-refractivity contribution in [1.82, 2.24) is 9.80 Å². The minimum atomic E-state index is -0.227. The maximum atomic E-state index is 12.6.